The first-order chi connectivity index (χ1) is 9.61. The van der Waals surface area contributed by atoms with Crippen molar-refractivity contribution in [3.63, 3.8) is 0 Å². The molecule has 1 saturated heterocycles. The van der Waals surface area contributed by atoms with Crippen molar-refractivity contribution < 1.29 is 14.3 Å². The molecule has 1 fully saturated rings. The van der Waals surface area contributed by atoms with Crippen LogP contribution < -0.4 is 10.6 Å². The normalized spacial score (nSPS) is 18.7. The summed E-state index contributed by atoms with van der Waals surface area (Å²) in [6.45, 7) is 5.05. The third-order valence-corrected chi connectivity index (χ3v) is 4.19. The van der Waals surface area contributed by atoms with E-state index in [0.29, 0.717) is 23.2 Å². The molecule has 0 spiro atoms. The molecule has 0 saturated carbocycles. The third kappa shape index (κ3) is 4.67. The second kappa shape index (κ2) is 8.33. The van der Waals surface area contributed by atoms with Crippen molar-refractivity contribution in [1.29, 1.82) is 0 Å². The van der Waals surface area contributed by atoms with Crippen molar-refractivity contribution >= 4 is 41.3 Å². The van der Waals surface area contributed by atoms with Crippen molar-refractivity contribution in [3.05, 3.63) is 16.3 Å². The number of ether oxygens (including phenoxy) is 1. The van der Waals surface area contributed by atoms with E-state index in [1.54, 1.807) is 11.4 Å². The molecule has 1 atom stereocenters. The van der Waals surface area contributed by atoms with Crippen LogP contribution in [0.2, 0.25) is 0 Å². The lowest BCUT2D eigenvalue weighted by molar-refractivity contribution is -0.118. The fourth-order valence-electron chi connectivity index (χ4n) is 2.15. The number of esters is 1. The summed E-state index contributed by atoms with van der Waals surface area (Å²) in [7, 11) is 1.33. The quantitative estimate of drug-likeness (QED) is 0.810. The number of carbonyl (C=O) groups excluding carboxylic acids is 2. The van der Waals surface area contributed by atoms with Crippen LogP contribution in [0.15, 0.2) is 11.4 Å². The number of thiophene rings is 1. The van der Waals surface area contributed by atoms with Crippen molar-refractivity contribution in [2.75, 3.05) is 38.6 Å². The van der Waals surface area contributed by atoms with Crippen LogP contribution in [0.3, 0.4) is 0 Å². The zero-order valence-electron chi connectivity index (χ0n) is 12.0. The number of nitrogens with one attached hydrogen (secondary N) is 2. The number of hydrogen-bond donors (Lipinski definition) is 2. The van der Waals surface area contributed by atoms with Crippen LogP contribution in [0.4, 0.5) is 5.69 Å². The Balaban J connectivity index is 0.00000220. The van der Waals surface area contributed by atoms with E-state index in [9.17, 15) is 9.59 Å². The number of amides is 1. The SMILES string of the molecule is COC(=O)c1sccc1NC(=O)CN1CCNCC1C.Cl. The smallest absolute Gasteiger partial charge is 0.350 e. The van der Waals surface area contributed by atoms with E-state index < -0.39 is 5.97 Å². The summed E-state index contributed by atoms with van der Waals surface area (Å²) in [4.78, 5) is 26.2. The van der Waals surface area contributed by atoms with E-state index >= 15 is 0 Å². The van der Waals surface area contributed by atoms with Crippen LogP contribution >= 0.6 is 23.7 Å². The summed E-state index contributed by atoms with van der Waals surface area (Å²) in [5, 5.41) is 7.82. The minimum Gasteiger partial charge on any atom is -0.465 e. The van der Waals surface area contributed by atoms with Crippen LogP contribution in [0, 0.1) is 0 Å². The predicted molar refractivity (Wildman–Crippen MR) is 85.4 cm³/mol. The number of piperazine rings is 1. The van der Waals surface area contributed by atoms with Gasteiger partial charge in [-0.05, 0) is 18.4 Å². The molecular formula is C13H20ClN3O3S. The van der Waals surface area contributed by atoms with E-state index in [0.717, 1.165) is 19.6 Å². The Kier molecular flexibility index (Phi) is 7.10. The van der Waals surface area contributed by atoms with Gasteiger partial charge in [-0.15, -0.1) is 23.7 Å². The highest BCUT2D eigenvalue weighted by Crippen LogP contribution is 2.23. The Bertz CT molecular complexity index is 495. The summed E-state index contributed by atoms with van der Waals surface area (Å²) in [6.07, 6.45) is 0. The zero-order valence-corrected chi connectivity index (χ0v) is 13.7. The Morgan fingerprint density at radius 2 is 2.33 bits per heavy atom. The molecule has 1 unspecified atom stereocenters. The largest absolute Gasteiger partial charge is 0.465 e. The van der Waals surface area contributed by atoms with Crippen LogP contribution in [0.25, 0.3) is 0 Å². The predicted octanol–water partition coefficient (Wildman–Crippen LogP) is 1.19. The highest BCUT2D eigenvalue weighted by molar-refractivity contribution is 7.12. The molecule has 0 bridgehead atoms. The van der Waals surface area contributed by atoms with Gasteiger partial charge in [-0.2, -0.15) is 0 Å². The molecule has 21 heavy (non-hydrogen) atoms. The van der Waals surface area contributed by atoms with Gasteiger partial charge in [-0.3, -0.25) is 9.69 Å². The van der Waals surface area contributed by atoms with Gasteiger partial charge < -0.3 is 15.4 Å². The van der Waals surface area contributed by atoms with Gasteiger partial charge >= 0.3 is 5.97 Å². The number of nitrogens with zero attached hydrogens (tertiary/aromatic N) is 1. The molecule has 118 valence electrons. The first-order valence-electron chi connectivity index (χ1n) is 6.52. The van der Waals surface area contributed by atoms with Gasteiger partial charge in [0.25, 0.3) is 0 Å². The molecule has 1 aliphatic heterocycles. The lowest BCUT2D eigenvalue weighted by Gasteiger charge is -2.33. The average Bonchev–Trinajstić information content (AvgIpc) is 2.88. The molecule has 2 rings (SSSR count). The second-order valence-corrected chi connectivity index (χ2v) is 5.64. The molecule has 1 amide bonds. The minimum atomic E-state index is -0.425. The van der Waals surface area contributed by atoms with Gasteiger partial charge in [0, 0.05) is 25.7 Å². The summed E-state index contributed by atoms with van der Waals surface area (Å²) in [5.41, 5.74) is 0.523. The van der Waals surface area contributed by atoms with E-state index in [4.69, 9.17) is 0 Å². The molecule has 1 aliphatic rings. The van der Waals surface area contributed by atoms with Gasteiger partial charge in [0.2, 0.25) is 5.91 Å². The molecule has 0 aromatic carbocycles. The van der Waals surface area contributed by atoms with Crippen molar-refractivity contribution in [2.45, 2.75) is 13.0 Å². The number of methoxy groups -OCH3 is 1. The third-order valence-electron chi connectivity index (χ3n) is 3.30. The van der Waals surface area contributed by atoms with Crippen molar-refractivity contribution in [2.24, 2.45) is 0 Å². The summed E-state index contributed by atoms with van der Waals surface area (Å²) in [5.74, 6) is -0.534. The topological polar surface area (TPSA) is 70.7 Å². The fraction of sp³-hybridized carbons (Fsp3) is 0.538. The van der Waals surface area contributed by atoms with E-state index in [-0.39, 0.29) is 18.3 Å². The highest BCUT2D eigenvalue weighted by Gasteiger charge is 2.21. The molecule has 0 radical (unpaired) electrons. The Labute approximate surface area is 134 Å². The molecule has 1 aromatic rings. The molecule has 6 nitrogen and oxygen atoms in total. The van der Waals surface area contributed by atoms with Gasteiger partial charge in [0.1, 0.15) is 4.88 Å². The fourth-order valence-corrected chi connectivity index (χ4v) is 2.92. The maximum atomic E-state index is 12.1. The standard InChI is InChI=1S/C13H19N3O3S.ClH/c1-9-7-14-4-5-16(9)8-11(17)15-10-3-6-20-12(10)13(18)19-2;/h3,6,9,14H,4-5,7-8H2,1-2H3,(H,15,17);1H. The molecule has 2 heterocycles. The van der Waals surface area contributed by atoms with Gasteiger partial charge in [0.15, 0.2) is 0 Å². The number of carbonyl (C=O) groups is 2. The first kappa shape index (κ1) is 17.9. The van der Waals surface area contributed by atoms with Crippen LogP contribution in [0.5, 0.6) is 0 Å². The Morgan fingerprint density at radius 3 is 3.00 bits per heavy atom. The van der Waals surface area contributed by atoms with Crippen LogP contribution in [0.1, 0.15) is 16.6 Å². The number of hydrogen-bond acceptors (Lipinski definition) is 6. The van der Waals surface area contributed by atoms with E-state index in [2.05, 4.69) is 27.2 Å². The lowest BCUT2D eigenvalue weighted by atomic mass is 10.2. The first-order valence-corrected chi connectivity index (χ1v) is 7.40. The Hall–Kier alpha value is -1.15. The average molecular weight is 334 g/mol. The van der Waals surface area contributed by atoms with Gasteiger partial charge in [-0.1, -0.05) is 0 Å². The summed E-state index contributed by atoms with van der Waals surface area (Å²) >= 11 is 1.26. The lowest BCUT2D eigenvalue weighted by Crippen LogP contribution is -2.52. The number of halogens is 1. The van der Waals surface area contributed by atoms with E-state index in [1.165, 1.54) is 18.4 Å². The van der Waals surface area contributed by atoms with Crippen LogP contribution in [-0.4, -0.2) is 56.1 Å². The molecule has 0 aliphatic carbocycles. The second-order valence-electron chi connectivity index (χ2n) is 4.73. The monoisotopic (exact) mass is 333 g/mol. The molecule has 8 heteroatoms. The van der Waals surface area contributed by atoms with Crippen molar-refractivity contribution in [3.8, 4) is 0 Å². The molecule has 2 N–H and O–H groups in total. The van der Waals surface area contributed by atoms with Crippen LogP contribution in [-0.2, 0) is 9.53 Å². The molecule has 1 aromatic heterocycles. The van der Waals surface area contributed by atoms with Crippen molar-refractivity contribution in [1.82, 2.24) is 10.2 Å². The van der Waals surface area contributed by atoms with Gasteiger partial charge in [-0.25, -0.2) is 4.79 Å². The highest BCUT2D eigenvalue weighted by atomic mass is 35.5. The molecular weight excluding hydrogens is 314 g/mol. The number of rotatable bonds is 4. The minimum absolute atomic E-state index is 0. The summed E-state index contributed by atoms with van der Waals surface area (Å²) < 4.78 is 4.69. The zero-order chi connectivity index (χ0) is 14.5. The van der Waals surface area contributed by atoms with E-state index in [1.807, 2.05) is 0 Å². The maximum Gasteiger partial charge on any atom is 0.350 e. The maximum absolute atomic E-state index is 12.1. The summed E-state index contributed by atoms with van der Waals surface area (Å²) in [6, 6.07) is 2.05. The Morgan fingerprint density at radius 1 is 1.57 bits per heavy atom. The van der Waals surface area contributed by atoms with Gasteiger partial charge in [0.05, 0.1) is 19.3 Å². The number of anilines is 1.